The summed E-state index contributed by atoms with van der Waals surface area (Å²) in [4.78, 5) is 0. The largest absolute Gasteiger partial charge is 0.330 e. The van der Waals surface area contributed by atoms with Gasteiger partial charge in [-0.15, -0.1) is 0 Å². The molecule has 0 aromatic rings. The van der Waals surface area contributed by atoms with E-state index in [1.54, 1.807) is 0 Å². The zero-order valence-electron chi connectivity index (χ0n) is 12.5. The number of nitrogens with two attached hydrogens (primary N) is 1. The van der Waals surface area contributed by atoms with Crippen molar-refractivity contribution in [2.45, 2.75) is 72.6 Å². The summed E-state index contributed by atoms with van der Waals surface area (Å²) >= 11 is 0. The molecule has 3 unspecified atom stereocenters. The molecule has 0 aromatic carbocycles. The maximum absolute atomic E-state index is 5.84. The number of hydrogen-bond acceptors (Lipinski definition) is 1. The Morgan fingerprint density at radius 3 is 2.24 bits per heavy atom. The Kier molecular flexibility index (Phi) is 5.99. The van der Waals surface area contributed by atoms with Gasteiger partial charge in [0.1, 0.15) is 0 Å². The Balaban J connectivity index is 2.70. The zero-order valence-corrected chi connectivity index (χ0v) is 12.5. The molecule has 17 heavy (non-hydrogen) atoms. The third kappa shape index (κ3) is 3.47. The molecule has 1 saturated carbocycles. The van der Waals surface area contributed by atoms with Crippen LogP contribution in [0.15, 0.2) is 0 Å². The van der Waals surface area contributed by atoms with Crippen LogP contribution in [-0.2, 0) is 0 Å². The van der Waals surface area contributed by atoms with Gasteiger partial charge >= 0.3 is 0 Å². The van der Waals surface area contributed by atoms with Crippen LogP contribution in [0.1, 0.15) is 72.6 Å². The second-order valence-electron chi connectivity index (χ2n) is 6.40. The summed E-state index contributed by atoms with van der Waals surface area (Å²) in [6.07, 6.45) is 9.83. The van der Waals surface area contributed by atoms with Crippen LogP contribution < -0.4 is 5.73 Å². The van der Waals surface area contributed by atoms with E-state index in [2.05, 4.69) is 27.7 Å². The average molecular weight is 239 g/mol. The van der Waals surface area contributed by atoms with E-state index in [9.17, 15) is 0 Å². The van der Waals surface area contributed by atoms with Gasteiger partial charge in [-0.2, -0.15) is 0 Å². The molecule has 0 spiro atoms. The summed E-state index contributed by atoms with van der Waals surface area (Å²) in [5.74, 6) is 2.66. The molecule has 1 aliphatic rings. The molecule has 0 saturated heterocycles. The summed E-state index contributed by atoms with van der Waals surface area (Å²) in [7, 11) is 0. The third-order valence-electron chi connectivity index (χ3n) is 5.55. The highest BCUT2D eigenvalue weighted by atomic mass is 14.6. The first-order valence-electron chi connectivity index (χ1n) is 7.81. The van der Waals surface area contributed by atoms with E-state index in [0.717, 1.165) is 18.4 Å². The lowest BCUT2D eigenvalue weighted by atomic mass is 9.65. The van der Waals surface area contributed by atoms with Crippen molar-refractivity contribution in [3.05, 3.63) is 0 Å². The van der Waals surface area contributed by atoms with Crippen molar-refractivity contribution < 1.29 is 0 Å². The molecule has 0 aliphatic heterocycles. The van der Waals surface area contributed by atoms with Gasteiger partial charge < -0.3 is 5.73 Å². The SMILES string of the molecule is CCC1CCC(C(CC)(CC)CC(C)CN)C1. The van der Waals surface area contributed by atoms with Crippen molar-refractivity contribution in [3.8, 4) is 0 Å². The zero-order chi connectivity index (χ0) is 12.9. The Morgan fingerprint density at radius 1 is 1.18 bits per heavy atom. The maximum Gasteiger partial charge on any atom is -0.00513 e. The smallest absolute Gasteiger partial charge is 0.00513 e. The molecule has 3 atom stereocenters. The molecule has 2 N–H and O–H groups in total. The number of rotatable bonds is 7. The molecule has 0 heterocycles. The summed E-state index contributed by atoms with van der Waals surface area (Å²) in [5, 5.41) is 0. The molecule has 1 rings (SSSR count). The molecule has 102 valence electrons. The van der Waals surface area contributed by atoms with Crippen LogP contribution in [0.4, 0.5) is 0 Å². The molecule has 0 amide bonds. The van der Waals surface area contributed by atoms with Crippen molar-refractivity contribution in [3.63, 3.8) is 0 Å². The highest BCUT2D eigenvalue weighted by molar-refractivity contribution is 4.90. The summed E-state index contributed by atoms with van der Waals surface area (Å²) in [5.41, 5.74) is 6.43. The Hall–Kier alpha value is -0.0400. The Labute approximate surface area is 109 Å². The molecule has 1 heteroatoms. The van der Waals surface area contributed by atoms with Crippen LogP contribution in [0.5, 0.6) is 0 Å². The van der Waals surface area contributed by atoms with Crippen LogP contribution in [0.25, 0.3) is 0 Å². The molecule has 1 fully saturated rings. The van der Waals surface area contributed by atoms with Crippen LogP contribution in [0.3, 0.4) is 0 Å². The lowest BCUT2D eigenvalue weighted by molar-refractivity contribution is 0.106. The molecular formula is C16H33N. The topological polar surface area (TPSA) is 26.0 Å². The molecular weight excluding hydrogens is 206 g/mol. The van der Waals surface area contributed by atoms with Gasteiger partial charge in [0.2, 0.25) is 0 Å². The quantitative estimate of drug-likeness (QED) is 0.690. The predicted octanol–water partition coefficient (Wildman–Crippen LogP) is 4.60. The summed E-state index contributed by atoms with van der Waals surface area (Å²) in [6, 6.07) is 0. The van der Waals surface area contributed by atoms with Gasteiger partial charge in [-0.05, 0) is 49.0 Å². The molecule has 1 aliphatic carbocycles. The van der Waals surface area contributed by atoms with Crippen LogP contribution >= 0.6 is 0 Å². The van der Waals surface area contributed by atoms with E-state index < -0.39 is 0 Å². The fraction of sp³-hybridized carbons (Fsp3) is 1.00. The minimum absolute atomic E-state index is 0.586. The highest BCUT2D eigenvalue weighted by Crippen LogP contribution is 2.50. The van der Waals surface area contributed by atoms with Gasteiger partial charge in [0, 0.05) is 0 Å². The van der Waals surface area contributed by atoms with E-state index in [0.29, 0.717) is 11.3 Å². The van der Waals surface area contributed by atoms with Crippen molar-refractivity contribution in [1.29, 1.82) is 0 Å². The summed E-state index contributed by atoms with van der Waals surface area (Å²) < 4.78 is 0. The monoisotopic (exact) mass is 239 g/mol. The minimum atomic E-state index is 0.586. The molecule has 0 aromatic heterocycles. The van der Waals surface area contributed by atoms with Crippen LogP contribution in [0.2, 0.25) is 0 Å². The maximum atomic E-state index is 5.84. The standard InChI is InChI=1S/C16H33N/c1-5-14-8-9-15(10-14)16(6-2,7-3)11-13(4)12-17/h13-15H,5-12,17H2,1-4H3. The minimum Gasteiger partial charge on any atom is -0.330 e. The second kappa shape index (κ2) is 6.78. The first-order chi connectivity index (χ1) is 8.11. The van der Waals surface area contributed by atoms with Gasteiger partial charge in [-0.25, -0.2) is 0 Å². The van der Waals surface area contributed by atoms with E-state index >= 15 is 0 Å². The normalized spacial score (nSPS) is 27.4. The van der Waals surface area contributed by atoms with Gasteiger partial charge in [0.25, 0.3) is 0 Å². The Morgan fingerprint density at radius 2 is 1.82 bits per heavy atom. The van der Waals surface area contributed by atoms with Crippen molar-refractivity contribution in [2.24, 2.45) is 28.9 Å². The van der Waals surface area contributed by atoms with E-state index in [4.69, 9.17) is 5.73 Å². The Bertz CT molecular complexity index is 208. The van der Waals surface area contributed by atoms with Gasteiger partial charge in [-0.3, -0.25) is 0 Å². The van der Waals surface area contributed by atoms with E-state index in [1.807, 2.05) is 0 Å². The third-order valence-corrected chi connectivity index (χ3v) is 5.55. The number of hydrogen-bond donors (Lipinski definition) is 1. The molecule has 0 bridgehead atoms. The van der Waals surface area contributed by atoms with Gasteiger partial charge in [-0.1, -0.05) is 53.4 Å². The highest BCUT2D eigenvalue weighted by Gasteiger charge is 2.40. The first kappa shape index (κ1) is 15.0. The average Bonchev–Trinajstić information content (AvgIpc) is 2.85. The van der Waals surface area contributed by atoms with Crippen molar-refractivity contribution in [2.75, 3.05) is 6.54 Å². The predicted molar refractivity (Wildman–Crippen MR) is 77.0 cm³/mol. The van der Waals surface area contributed by atoms with E-state index in [-0.39, 0.29) is 0 Å². The molecule has 1 nitrogen and oxygen atoms in total. The first-order valence-corrected chi connectivity index (χ1v) is 7.81. The van der Waals surface area contributed by atoms with Gasteiger partial charge in [0.05, 0.1) is 0 Å². The fourth-order valence-electron chi connectivity index (χ4n) is 4.06. The van der Waals surface area contributed by atoms with Crippen molar-refractivity contribution >= 4 is 0 Å². The van der Waals surface area contributed by atoms with E-state index in [1.165, 1.54) is 44.9 Å². The second-order valence-corrected chi connectivity index (χ2v) is 6.40. The molecule has 0 radical (unpaired) electrons. The lowest BCUT2D eigenvalue weighted by Crippen LogP contribution is -2.32. The van der Waals surface area contributed by atoms with Crippen LogP contribution in [0, 0.1) is 23.2 Å². The van der Waals surface area contributed by atoms with Crippen LogP contribution in [-0.4, -0.2) is 6.54 Å². The van der Waals surface area contributed by atoms with Gasteiger partial charge in [0.15, 0.2) is 0 Å². The lowest BCUT2D eigenvalue weighted by Gasteiger charge is -2.40. The van der Waals surface area contributed by atoms with Crippen molar-refractivity contribution in [1.82, 2.24) is 0 Å². The fourth-order valence-corrected chi connectivity index (χ4v) is 4.06. The summed E-state index contributed by atoms with van der Waals surface area (Å²) in [6.45, 7) is 10.3.